The van der Waals surface area contributed by atoms with Crippen LogP contribution in [0.4, 0.5) is 8.78 Å². The number of allylic oxidation sites excluding steroid dienone is 1. The molecule has 2 aliphatic rings. The number of halogens is 2. The zero-order valence-corrected chi connectivity index (χ0v) is 18.8. The van der Waals surface area contributed by atoms with Crippen molar-refractivity contribution in [1.82, 2.24) is 0 Å². The fourth-order valence-corrected chi connectivity index (χ4v) is 6.58. The standard InChI is InChI=1S/C29H36F2/c1-3-9-22-18-25(24-10-5-4-6-11-24)20-29(19-22)16-14-23(15-17-29)21(2)26-12-7-8-13-27(26)28(30)31/h4-8,10-13,22-23,25,28H,2-3,9,14-20H2,1H3. The molecule has 2 atom stereocenters. The quantitative estimate of drug-likeness (QED) is 0.435. The highest BCUT2D eigenvalue weighted by atomic mass is 19.3. The van der Waals surface area contributed by atoms with E-state index in [0.29, 0.717) is 22.8 Å². The van der Waals surface area contributed by atoms with Crippen LogP contribution in [-0.4, -0.2) is 0 Å². The van der Waals surface area contributed by atoms with Gasteiger partial charge in [-0.25, -0.2) is 8.78 Å². The summed E-state index contributed by atoms with van der Waals surface area (Å²) in [4.78, 5) is 0. The Labute approximate surface area is 186 Å². The van der Waals surface area contributed by atoms with Gasteiger partial charge in [0.05, 0.1) is 0 Å². The summed E-state index contributed by atoms with van der Waals surface area (Å²) in [6.07, 6.45) is 8.65. The summed E-state index contributed by atoms with van der Waals surface area (Å²) in [7, 11) is 0. The summed E-state index contributed by atoms with van der Waals surface area (Å²) in [6, 6.07) is 18.0. The summed E-state index contributed by atoms with van der Waals surface area (Å²) >= 11 is 0. The summed E-state index contributed by atoms with van der Waals surface area (Å²) < 4.78 is 27.0. The average molecular weight is 423 g/mol. The number of rotatable bonds is 6. The van der Waals surface area contributed by atoms with Gasteiger partial charge in [0.15, 0.2) is 0 Å². The first-order valence-corrected chi connectivity index (χ1v) is 12.1. The van der Waals surface area contributed by atoms with Crippen LogP contribution in [0.3, 0.4) is 0 Å². The molecule has 4 rings (SSSR count). The van der Waals surface area contributed by atoms with Crippen LogP contribution >= 0.6 is 0 Å². The topological polar surface area (TPSA) is 0 Å². The highest BCUT2D eigenvalue weighted by Gasteiger charge is 2.43. The molecule has 2 heteroatoms. The van der Waals surface area contributed by atoms with Gasteiger partial charge < -0.3 is 0 Å². The molecule has 0 nitrogen and oxygen atoms in total. The third kappa shape index (κ3) is 4.94. The molecule has 2 fully saturated rings. The molecule has 166 valence electrons. The summed E-state index contributed by atoms with van der Waals surface area (Å²) in [5.74, 6) is 1.79. The molecule has 0 aliphatic heterocycles. The van der Waals surface area contributed by atoms with Crippen LogP contribution in [0.5, 0.6) is 0 Å². The third-order valence-electron chi connectivity index (χ3n) is 8.07. The van der Waals surface area contributed by atoms with Crippen LogP contribution in [-0.2, 0) is 0 Å². The number of hydrogen-bond acceptors (Lipinski definition) is 0. The first-order valence-electron chi connectivity index (χ1n) is 12.1. The van der Waals surface area contributed by atoms with Gasteiger partial charge in [-0.3, -0.25) is 0 Å². The molecule has 2 aromatic carbocycles. The van der Waals surface area contributed by atoms with Crippen molar-refractivity contribution in [2.24, 2.45) is 17.3 Å². The zero-order chi connectivity index (χ0) is 21.8. The third-order valence-corrected chi connectivity index (χ3v) is 8.07. The molecule has 1 spiro atoms. The van der Waals surface area contributed by atoms with E-state index < -0.39 is 6.43 Å². The molecule has 2 unspecified atom stereocenters. The first-order chi connectivity index (χ1) is 15.0. The van der Waals surface area contributed by atoms with Crippen LogP contribution in [0.2, 0.25) is 0 Å². The van der Waals surface area contributed by atoms with Crippen LogP contribution in [0.25, 0.3) is 5.57 Å². The maximum Gasteiger partial charge on any atom is 0.264 e. The summed E-state index contributed by atoms with van der Waals surface area (Å²) in [5, 5.41) is 0. The number of benzene rings is 2. The Bertz CT molecular complexity index is 861. The first kappa shape index (κ1) is 22.2. The predicted octanol–water partition coefficient (Wildman–Crippen LogP) is 9.20. The molecule has 0 heterocycles. The monoisotopic (exact) mass is 422 g/mol. The zero-order valence-electron chi connectivity index (χ0n) is 18.8. The Balaban J connectivity index is 1.48. The molecule has 2 saturated carbocycles. The van der Waals surface area contributed by atoms with Crippen LogP contribution in [0.1, 0.15) is 93.7 Å². The van der Waals surface area contributed by atoms with E-state index in [4.69, 9.17) is 0 Å². The lowest BCUT2D eigenvalue weighted by molar-refractivity contribution is 0.0608. The van der Waals surface area contributed by atoms with Crippen LogP contribution in [0, 0.1) is 17.3 Å². The SMILES string of the molecule is C=C(c1ccccc1C(F)F)C1CCC2(CC1)CC(CCC)CC(c1ccccc1)C2. The fraction of sp³-hybridized carbons (Fsp3) is 0.517. The van der Waals surface area contributed by atoms with Crippen molar-refractivity contribution in [1.29, 1.82) is 0 Å². The van der Waals surface area contributed by atoms with E-state index in [1.807, 2.05) is 12.1 Å². The maximum absolute atomic E-state index is 13.5. The van der Waals surface area contributed by atoms with Gasteiger partial charge in [-0.1, -0.05) is 80.9 Å². The van der Waals surface area contributed by atoms with Crippen molar-refractivity contribution in [2.75, 3.05) is 0 Å². The highest BCUT2D eigenvalue weighted by molar-refractivity contribution is 5.68. The molecular weight excluding hydrogens is 386 g/mol. The molecular formula is C29H36F2. The van der Waals surface area contributed by atoms with E-state index in [-0.39, 0.29) is 5.56 Å². The van der Waals surface area contributed by atoms with Crippen LogP contribution in [0.15, 0.2) is 61.2 Å². The van der Waals surface area contributed by atoms with Crippen LogP contribution < -0.4 is 0 Å². The second-order valence-corrected chi connectivity index (χ2v) is 10.1. The van der Waals surface area contributed by atoms with Crippen molar-refractivity contribution in [2.45, 2.75) is 77.1 Å². The minimum absolute atomic E-state index is 0.137. The molecule has 0 aromatic heterocycles. The van der Waals surface area contributed by atoms with E-state index in [0.717, 1.165) is 24.3 Å². The average Bonchev–Trinajstić information content (AvgIpc) is 2.80. The minimum atomic E-state index is -2.44. The van der Waals surface area contributed by atoms with Gasteiger partial charge in [0.25, 0.3) is 6.43 Å². The van der Waals surface area contributed by atoms with Crippen molar-refractivity contribution in [3.63, 3.8) is 0 Å². The minimum Gasteiger partial charge on any atom is -0.205 e. The lowest BCUT2D eigenvalue weighted by atomic mass is 9.56. The summed E-state index contributed by atoms with van der Waals surface area (Å²) in [6.45, 7) is 6.60. The molecule has 0 saturated heterocycles. The predicted molar refractivity (Wildman–Crippen MR) is 126 cm³/mol. The lowest BCUT2D eigenvalue weighted by Crippen LogP contribution is -2.36. The molecule has 0 bridgehead atoms. The van der Waals surface area contributed by atoms with Gasteiger partial charge in [0.1, 0.15) is 0 Å². The Hall–Kier alpha value is -1.96. The van der Waals surface area contributed by atoms with E-state index in [9.17, 15) is 8.78 Å². The Morgan fingerprint density at radius 3 is 2.35 bits per heavy atom. The van der Waals surface area contributed by atoms with Gasteiger partial charge >= 0.3 is 0 Å². The van der Waals surface area contributed by atoms with Gasteiger partial charge in [-0.2, -0.15) is 0 Å². The van der Waals surface area contributed by atoms with E-state index in [1.165, 1.54) is 50.5 Å². The van der Waals surface area contributed by atoms with Crippen molar-refractivity contribution in [3.05, 3.63) is 77.9 Å². The number of hydrogen-bond donors (Lipinski definition) is 0. The molecule has 2 aliphatic carbocycles. The number of alkyl halides is 2. The van der Waals surface area contributed by atoms with E-state index >= 15 is 0 Å². The normalized spacial score (nSPS) is 28.7. The van der Waals surface area contributed by atoms with Gasteiger partial charge in [-0.15, -0.1) is 0 Å². The van der Waals surface area contributed by atoms with E-state index in [2.05, 4.69) is 43.8 Å². The van der Waals surface area contributed by atoms with Crippen molar-refractivity contribution in [3.8, 4) is 0 Å². The van der Waals surface area contributed by atoms with Crippen molar-refractivity contribution >= 4 is 5.57 Å². The Kier molecular flexibility index (Phi) is 6.94. The molecule has 2 aromatic rings. The Morgan fingerprint density at radius 1 is 1.00 bits per heavy atom. The second-order valence-electron chi connectivity index (χ2n) is 10.1. The molecule has 0 radical (unpaired) electrons. The Morgan fingerprint density at radius 2 is 1.68 bits per heavy atom. The largest absolute Gasteiger partial charge is 0.264 e. The molecule has 0 amide bonds. The fourth-order valence-electron chi connectivity index (χ4n) is 6.58. The second kappa shape index (κ2) is 9.67. The highest BCUT2D eigenvalue weighted by Crippen LogP contribution is 2.56. The van der Waals surface area contributed by atoms with Gasteiger partial charge in [-0.05, 0) is 84.8 Å². The van der Waals surface area contributed by atoms with Gasteiger partial charge in [0, 0.05) is 5.56 Å². The lowest BCUT2D eigenvalue weighted by Gasteiger charge is -2.49. The smallest absolute Gasteiger partial charge is 0.205 e. The van der Waals surface area contributed by atoms with E-state index in [1.54, 1.807) is 12.1 Å². The summed E-state index contributed by atoms with van der Waals surface area (Å²) in [5.41, 5.74) is 3.65. The van der Waals surface area contributed by atoms with Crippen molar-refractivity contribution < 1.29 is 8.78 Å². The molecule has 0 N–H and O–H groups in total. The molecule has 31 heavy (non-hydrogen) atoms. The van der Waals surface area contributed by atoms with Gasteiger partial charge in [0.2, 0.25) is 0 Å². The maximum atomic E-state index is 13.5.